The molecule has 0 aromatic heterocycles. The number of rotatable bonds is 9. The first-order chi connectivity index (χ1) is 22.2. The fourth-order valence-corrected chi connectivity index (χ4v) is 9.03. The number of hydrogen-bond donors (Lipinski definition) is 4. The van der Waals surface area contributed by atoms with E-state index in [-0.39, 0.29) is 6.61 Å². The summed E-state index contributed by atoms with van der Waals surface area (Å²) in [4.78, 5) is 12.1. The van der Waals surface area contributed by atoms with Gasteiger partial charge >= 0.3 is 0 Å². The van der Waals surface area contributed by atoms with Crippen LogP contribution in [0.25, 0.3) is 6.08 Å². The number of benzene rings is 2. The molecule has 6 atom stereocenters. The number of aliphatic hydroxyl groups excluding tert-OH is 4. The van der Waals surface area contributed by atoms with Gasteiger partial charge in [0.15, 0.2) is 5.60 Å². The van der Waals surface area contributed by atoms with Gasteiger partial charge in [0.25, 0.3) is 5.79 Å². The molecule has 246 valence electrons. The van der Waals surface area contributed by atoms with E-state index in [1.54, 1.807) is 37.5 Å². The predicted molar refractivity (Wildman–Crippen MR) is 162 cm³/mol. The SMILES string of the molecule is COC1(c2ccc(/C=C/C#N)c(OCc3ccc(O[C@@H]4OC(CO)[C@H](O)C(O)[C@@H]4O)cc3)c2Cl)OOC12C1CC3CC(C1)CC2C3. The van der Waals surface area contributed by atoms with Crippen molar-refractivity contribution in [1.82, 2.24) is 0 Å². The van der Waals surface area contributed by atoms with E-state index in [0.29, 0.717) is 51.3 Å². The topological polar surface area (TPSA) is 160 Å². The summed E-state index contributed by atoms with van der Waals surface area (Å²) in [6, 6.07) is 12.5. The van der Waals surface area contributed by atoms with E-state index in [4.69, 9.17) is 40.3 Å². The van der Waals surface area contributed by atoms with Crippen molar-refractivity contribution in [3.8, 4) is 17.6 Å². The van der Waals surface area contributed by atoms with Crippen molar-refractivity contribution >= 4 is 17.7 Å². The van der Waals surface area contributed by atoms with Gasteiger partial charge in [-0.05, 0) is 79.5 Å². The van der Waals surface area contributed by atoms with Crippen molar-refractivity contribution in [2.75, 3.05) is 13.7 Å². The van der Waals surface area contributed by atoms with Gasteiger partial charge in [-0.1, -0.05) is 35.9 Å². The van der Waals surface area contributed by atoms with Crippen LogP contribution in [-0.2, 0) is 31.6 Å². The number of nitriles is 1. The number of hydrogen-bond acceptors (Lipinski definition) is 11. The first kappa shape index (κ1) is 31.8. The highest BCUT2D eigenvalue weighted by Crippen LogP contribution is 2.70. The summed E-state index contributed by atoms with van der Waals surface area (Å²) >= 11 is 7.15. The number of halogens is 1. The quantitative estimate of drug-likeness (QED) is 0.231. The van der Waals surface area contributed by atoms with Gasteiger partial charge < -0.3 is 39.4 Å². The Morgan fingerprint density at radius 2 is 1.65 bits per heavy atom. The van der Waals surface area contributed by atoms with Crippen molar-refractivity contribution in [2.45, 2.75) is 80.8 Å². The lowest BCUT2D eigenvalue weighted by molar-refractivity contribution is -0.645. The molecule has 4 N–H and O–H groups in total. The highest BCUT2D eigenvalue weighted by molar-refractivity contribution is 6.33. The van der Waals surface area contributed by atoms with Gasteiger partial charge in [0.2, 0.25) is 6.29 Å². The Bertz CT molecular complexity index is 1480. The van der Waals surface area contributed by atoms with Crippen LogP contribution in [0.5, 0.6) is 11.5 Å². The van der Waals surface area contributed by atoms with E-state index in [1.165, 1.54) is 12.5 Å². The second kappa shape index (κ2) is 12.4. The maximum Gasteiger partial charge on any atom is 0.262 e. The fraction of sp³-hybridized carbons (Fsp3) is 0.559. The molecule has 2 aromatic rings. The largest absolute Gasteiger partial charge is 0.487 e. The minimum absolute atomic E-state index is 0.119. The Balaban J connectivity index is 1.12. The summed E-state index contributed by atoms with van der Waals surface area (Å²) in [6.45, 7) is -0.432. The van der Waals surface area contributed by atoms with Gasteiger partial charge in [-0.3, -0.25) is 0 Å². The first-order valence-corrected chi connectivity index (χ1v) is 16.1. The summed E-state index contributed by atoms with van der Waals surface area (Å²) < 4.78 is 23.7. The maximum atomic E-state index is 10.3. The normalized spacial score (nSPS) is 39.4. The molecule has 2 aliphatic heterocycles. The molecule has 1 spiro atoms. The van der Waals surface area contributed by atoms with Crippen LogP contribution in [0.2, 0.25) is 5.02 Å². The Morgan fingerprint density at radius 1 is 0.957 bits per heavy atom. The fourth-order valence-electron chi connectivity index (χ4n) is 8.68. The number of aliphatic hydroxyl groups is 4. The molecule has 4 saturated carbocycles. The van der Waals surface area contributed by atoms with Crippen LogP contribution in [0.4, 0.5) is 0 Å². The molecule has 2 aromatic carbocycles. The van der Waals surface area contributed by atoms with Crippen molar-refractivity contribution < 1.29 is 49.1 Å². The van der Waals surface area contributed by atoms with E-state index >= 15 is 0 Å². The third-order valence-corrected chi connectivity index (χ3v) is 11.1. The lowest BCUT2D eigenvalue weighted by atomic mass is 9.47. The second-order valence-electron chi connectivity index (χ2n) is 13.1. The van der Waals surface area contributed by atoms with Crippen molar-refractivity contribution in [3.63, 3.8) is 0 Å². The summed E-state index contributed by atoms with van der Waals surface area (Å²) in [5.41, 5.74) is 1.38. The monoisotopic (exact) mass is 655 g/mol. The van der Waals surface area contributed by atoms with Gasteiger partial charge in [-0.15, -0.1) is 0 Å². The van der Waals surface area contributed by atoms with Crippen molar-refractivity contribution in [2.24, 2.45) is 23.7 Å². The van der Waals surface area contributed by atoms with E-state index in [2.05, 4.69) is 0 Å². The molecular formula is C34H38ClNO10. The van der Waals surface area contributed by atoms with Crippen LogP contribution in [-0.4, -0.2) is 70.4 Å². The smallest absolute Gasteiger partial charge is 0.262 e. The minimum atomic E-state index is -1.54. The predicted octanol–water partition coefficient (Wildman–Crippen LogP) is 3.59. The molecule has 11 nitrogen and oxygen atoms in total. The molecule has 3 unspecified atom stereocenters. The van der Waals surface area contributed by atoms with Crippen molar-refractivity contribution in [1.29, 1.82) is 5.26 Å². The molecule has 6 fully saturated rings. The molecule has 12 heteroatoms. The Morgan fingerprint density at radius 3 is 2.24 bits per heavy atom. The van der Waals surface area contributed by atoms with E-state index in [9.17, 15) is 25.7 Å². The third kappa shape index (κ3) is 4.94. The zero-order valence-electron chi connectivity index (χ0n) is 25.3. The number of nitrogens with zero attached hydrogens (tertiary/aromatic N) is 1. The molecule has 6 aliphatic rings. The summed E-state index contributed by atoms with van der Waals surface area (Å²) in [5, 5.41) is 49.3. The molecule has 2 saturated heterocycles. The first-order valence-electron chi connectivity index (χ1n) is 15.7. The summed E-state index contributed by atoms with van der Waals surface area (Å²) in [6.07, 6.45) is 1.73. The van der Waals surface area contributed by atoms with Crippen LogP contribution >= 0.6 is 11.6 Å². The van der Waals surface area contributed by atoms with Crippen LogP contribution in [0.3, 0.4) is 0 Å². The Hall–Kier alpha value is -2.76. The minimum Gasteiger partial charge on any atom is -0.487 e. The van der Waals surface area contributed by atoms with Gasteiger partial charge in [0, 0.05) is 24.3 Å². The van der Waals surface area contributed by atoms with Crippen LogP contribution in [0, 0.1) is 35.0 Å². The zero-order chi connectivity index (χ0) is 32.2. The summed E-state index contributed by atoms with van der Waals surface area (Å²) in [5.74, 6) is 1.56. The van der Waals surface area contributed by atoms with Crippen LogP contribution in [0.15, 0.2) is 42.5 Å². The molecule has 8 rings (SSSR count). The van der Waals surface area contributed by atoms with Gasteiger partial charge in [-0.2, -0.15) is 10.1 Å². The second-order valence-corrected chi connectivity index (χ2v) is 13.5. The van der Waals surface area contributed by atoms with E-state index in [1.807, 2.05) is 18.2 Å². The van der Waals surface area contributed by atoms with E-state index in [0.717, 1.165) is 31.2 Å². The zero-order valence-corrected chi connectivity index (χ0v) is 26.1. The molecule has 0 radical (unpaired) electrons. The van der Waals surface area contributed by atoms with Gasteiger partial charge in [0.05, 0.1) is 17.7 Å². The molecule has 4 aliphatic carbocycles. The average Bonchev–Trinajstić information content (AvgIpc) is 3.04. The van der Waals surface area contributed by atoms with Crippen LogP contribution < -0.4 is 9.47 Å². The van der Waals surface area contributed by atoms with Gasteiger partial charge in [-0.25, -0.2) is 4.89 Å². The maximum absolute atomic E-state index is 10.3. The highest BCUT2D eigenvalue weighted by atomic mass is 35.5. The molecular weight excluding hydrogens is 618 g/mol. The Kier molecular flexibility index (Phi) is 8.55. The molecule has 4 bridgehead atoms. The molecule has 2 heterocycles. The number of allylic oxidation sites excluding steroid dienone is 1. The lowest BCUT2D eigenvalue weighted by Crippen LogP contribution is -2.76. The third-order valence-electron chi connectivity index (χ3n) is 10.7. The average molecular weight is 656 g/mol. The standard InChI is InChI=1S/C34H38ClNO10/c1-41-34(33(45-46-34)22-12-19-11-20(14-22)15-23(33)13-19)25-9-6-21(3-2-10-36)31(27(25)35)42-17-18-4-7-24(8-5-18)43-32-30(40)29(39)28(38)26(16-37)44-32/h2-9,19-20,22-23,26,28-30,32,37-40H,11-17H2,1H3/b3-2+/t19?,20?,22?,23?,26?,28-,29?,30-,32+,33?,34?/m0/s1. The van der Waals surface area contributed by atoms with Gasteiger partial charge in [0.1, 0.15) is 42.5 Å². The summed E-state index contributed by atoms with van der Waals surface area (Å²) in [7, 11) is 1.63. The van der Waals surface area contributed by atoms with Crippen molar-refractivity contribution in [3.05, 3.63) is 64.2 Å². The Labute approximate surface area is 271 Å². The van der Waals surface area contributed by atoms with E-state index < -0.39 is 48.7 Å². The van der Waals surface area contributed by atoms with Crippen LogP contribution in [0.1, 0.15) is 48.8 Å². The molecule has 0 amide bonds. The lowest BCUT2D eigenvalue weighted by Gasteiger charge is -2.68. The number of ether oxygens (including phenoxy) is 4. The highest BCUT2D eigenvalue weighted by Gasteiger charge is 2.77. The molecule has 46 heavy (non-hydrogen) atoms. The number of methoxy groups -OCH3 is 1.